The van der Waals surface area contributed by atoms with Gasteiger partial charge in [0.2, 0.25) is 0 Å². The van der Waals surface area contributed by atoms with Crippen molar-refractivity contribution in [2.75, 3.05) is 6.61 Å². The summed E-state index contributed by atoms with van der Waals surface area (Å²) >= 11 is 0. The van der Waals surface area contributed by atoms with E-state index in [0.717, 1.165) is 19.3 Å². The maximum Gasteiger partial charge on any atom is 0.309 e. The van der Waals surface area contributed by atoms with E-state index >= 15 is 0 Å². The molecular weight excluding hydrogens is 192 g/mol. The van der Waals surface area contributed by atoms with Gasteiger partial charge in [-0.15, -0.1) is 0 Å². The van der Waals surface area contributed by atoms with Crippen LogP contribution < -0.4 is 0 Å². The number of ether oxygens (including phenoxy) is 2. The summed E-state index contributed by atoms with van der Waals surface area (Å²) in [5.74, 6) is 1.32. The third-order valence-electron chi connectivity index (χ3n) is 4.14. The number of esters is 1. The van der Waals surface area contributed by atoms with Crippen molar-refractivity contribution in [2.45, 2.75) is 44.8 Å². The summed E-state index contributed by atoms with van der Waals surface area (Å²) in [6.45, 7) is 2.70. The molecule has 0 aromatic rings. The molecule has 0 N–H and O–H groups in total. The highest BCUT2D eigenvalue weighted by Gasteiger charge is 2.64. The van der Waals surface area contributed by atoms with Gasteiger partial charge in [0.1, 0.15) is 0 Å². The van der Waals surface area contributed by atoms with Crippen LogP contribution in [0.5, 0.6) is 0 Å². The molecule has 0 unspecified atom stereocenters. The molecule has 3 heteroatoms. The van der Waals surface area contributed by atoms with Crippen molar-refractivity contribution < 1.29 is 14.3 Å². The van der Waals surface area contributed by atoms with Gasteiger partial charge in [-0.25, -0.2) is 0 Å². The van der Waals surface area contributed by atoms with Gasteiger partial charge >= 0.3 is 5.97 Å². The number of carbonyl (C=O) groups excluding carboxylic acids is 1. The van der Waals surface area contributed by atoms with Crippen LogP contribution in [-0.2, 0) is 14.3 Å². The van der Waals surface area contributed by atoms with Gasteiger partial charge in [0.05, 0.1) is 24.7 Å². The third-order valence-corrected chi connectivity index (χ3v) is 4.14. The van der Waals surface area contributed by atoms with Gasteiger partial charge in [-0.05, 0) is 25.2 Å². The van der Waals surface area contributed by atoms with Crippen LogP contribution in [0.1, 0.15) is 32.6 Å². The Labute approximate surface area is 90.1 Å². The zero-order valence-corrected chi connectivity index (χ0v) is 9.15. The van der Waals surface area contributed by atoms with Crippen LogP contribution in [0.2, 0.25) is 0 Å². The average molecular weight is 210 g/mol. The monoisotopic (exact) mass is 210 g/mol. The zero-order valence-electron chi connectivity index (χ0n) is 9.15. The van der Waals surface area contributed by atoms with Gasteiger partial charge < -0.3 is 9.47 Å². The summed E-state index contributed by atoms with van der Waals surface area (Å²) in [4.78, 5) is 11.8. The van der Waals surface area contributed by atoms with E-state index in [2.05, 4.69) is 6.92 Å². The van der Waals surface area contributed by atoms with Crippen molar-refractivity contribution in [3.63, 3.8) is 0 Å². The molecule has 3 fully saturated rings. The van der Waals surface area contributed by atoms with Crippen LogP contribution in [-0.4, -0.2) is 24.8 Å². The molecule has 1 heterocycles. The van der Waals surface area contributed by atoms with Crippen LogP contribution in [0, 0.1) is 17.8 Å². The molecule has 0 spiro atoms. The van der Waals surface area contributed by atoms with Crippen LogP contribution in [0.25, 0.3) is 0 Å². The molecule has 0 amide bonds. The lowest BCUT2D eigenvalue weighted by molar-refractivity contribution is -0.150. The van der Waals surface area contributed by atoms with Gasteiger partial charge in [0, 0.05) is 5.92 Å². The molecule has 15 heavy (non-hydrogen) atoms. The van der Waals surface area contributed by atoms with Gasteiger partial charge in [-0.3, -0.25) is 4.79 Å². The van der Waals surface area contributed by atoms with Crippen molar-refractivity contribution in [2.24, 2.45) is 17.8 Å². The van der Waals surface area contributed by atoms with E-state index in [1.165, 1.54) is 6.42 Å². The van der Waals surface area contributed by atoms with E-state index in [0.29, 0.717) is 30.7 Å². The summed E-state index contributed by atoms with van der Waals surface area (Å²) in [7, 11) is 0. The van der Waals surface area contributed by atoms with Gasteiger partial charge in [0.25, 0.3) is 0 Å². The fourth-order valence-corrected chi connectivity index (χ4v) is 3.30. The molecule has 84 valence electrons. The molecule has 3 aliphatic rings. The number of hydrogen-bond acceptors (Lipinski definition) is 3. The van der Waals surface area contributed by atoms with Crippen molar-refractivity contribution in [3.8, 4) is 0 Å². The van der Waals surface area contributed by atoms with Crippen LogP contribution in [0.4, 0.5) is 0 Å². The van der Waals surface area contributed by atoms with Crippen molar-refractivity contribution in [3.05, 3.63) is 0 Å². The lowest BCUT2D eigenvalue weighted by Crippen LogP contribution is -2.27. The van der Waals surface area contributed by atoms with Crippen molar-refractivity contribution in [1.29, 1.82) is 0 Å². The first kappa shape index (κ1) is 9.64. The maximum absolute atomic E-state index is 11.8. The van der Waals surface area contributed by atoms with E-state index in [4.69, 9.17) is 9.47 Å². The SMILES string of the molecule is CCCCOC(=O)[C@H]1C[C@@H]2C[C@@H]1[C@H]1O[C@H]21. The van der Waals surface area contributed by atoms with Gasteiger partial charge in [-0.1, -0.05) is 13.3 Å². The Hall–Kier alpha value is -0.570. The predicted molar refractivity (Wildman–Crippen MR) is 54.2 cm³/mol. The molecule has 5 atom stereocenters. The fourth-order valence-electron chi connectivity index (χ4n) is 3.30. The Bertz CT molecular complexity index is 276. The predicted octanol–water partition coefficient (Wildman–Crippen LogP) is 1.75. The van der Waals surface area contributed by atoms with Gasteiger partial charge in [0.15, 0.2) is 0 Å². The minimum atomic E-state index is 0.0323. The molecule has 2 saturated carbocycles. The summed E-state index contributed by atoms with van der Waals surface area (Å²) in [6, 6.07) is 0. The standard InChI is InChI=1S/C12H18O3/c1-2-3-4-14-12(13)9-6-7-5-8(9)11-10(7)15-11/h7-11H,2-6H2,1H3/t7-,8-,9-,10+,11+/m0/s1. The Balaban J connectivity index is 1.53. The lowest BCUT2D eigenvalue weighted by atomic mass is 9.89. The van der Waals surface area contributed by atoms with E-state index in [-0.39, 0.29) is 11.9 Å². The molecule has 2 aliphatic carbocycles. The molecule has 3 nitrogen and oxygen atoms in total. The highest BCUT2D eigenvalue weighted by molar-refractivity contribution is 5.74. The molecule has 0 aromatic heterocycles. The highest BCUT2D eigenvalue weighted by atomic mass is 16.6. The average Bonchev–Trinajstić information content (AvgIpc) is 2.84. The molecular formula is C12H18O3. The maximum atomic E-state index is 11.8. The van der Waals surface area contributed by atoms with Crippen LogP contribution in [0.3, 0.4) is 0 Å². The number of hydrogen-bond donors (Lipinski definition) is 0. The zero-order chi connectivity index (χ0) is 10.4. The summed E-state index contributed by atoms with van der Waals surface area (Å²) in [5.41, 5.74) is 0. The first-order valence-electron chi connectivity index (χ1n) is 6.13. The second-order valence-electron chi connectivity index (χ2n) is 5.09. The summed E-state index contributed by atoms with van der Waals surface area (Å²) < 4.78 is 10.8. The number of epoxide rings is 1. The molecule has 0 radical (unpaired) electrons. The van der Waals surface area contributed by atoms with E-state index < -0.39 is 0 Å². The second kappa shape index (κ2) is 3.48. The smallest absolute Gasteiger partial charge is 0.309 e. The van der Waals surface area contributed by atoms with Crippen molar-refractivity contribution in [1.82, 2.24) is 0 Å². The van der Waals surface area contributed by atoms with Crippen LogP contribution in [0.15, 0.2) is 0 Å². The minimum absolute atomic E-state index is 0.0323. The molecule has 1 saturated heterocycles. The first-order valence-corrected chi connectivity index (χ1v) is 6.13. The number of rotatable bonds is 4. The molecule has 1 aliphatic heterocycles. The van der Waals surface area contributed by atoms with Gasteiger partial charge in [-0.2, -0.15) is 0 Å². The first-order chi connectivity index (χ1) is 7.31. The van der Waals surface area contributed by atoms with E-state index in [1.54, 1.807) is 0 Å². The minimum Gasteiger partial charge on any atom is -0.465 e. The number of unbranched alkanes of at least 4 members (excludes halogenated alkanes) is 1. The second-order valence-corrected chi connectivity index (χ2v) is 5.09. The topological polar surface area (TPSA) is 38.8 Å². The van der Waals surface area contributed by atoms with E-state index in [9.17, 15) is 4.79 Å². The Morgan fingerprint density at radius 2 is 2.27 bits per heavy atom. The summed E-state index contributed by atoms with van der Waals surface area (Å²) in [5, 5.41) is 0. The van der Waals surface area contributed by atoms with E-state index in [1.807, 2.05) is 0 Å². The highest BCUT2D eigenvalue weighted by Crippen LogP contribution is 2.58. The lowest BCUT2D eigenvalue weighted by Gasteiger charge is -2.17. The van der Waals surface area contributed by atoms with Crippen molar-refractivity contribution >= 4 is 5.97 Å². The Kier molecular flexibility index (Phi) is 2.23. The Morgan fingerprint density at radius 3 is 2.93 bits per heavy atom. The number of carbonyl (C=O) groups is 1. The Morgan fingerprint density at radius 1 is 1.40 bits per heavy atom. The third kappa shape index (κ3) is 1.48. The van der Waals surface area contributed by atoms with Crippen LogP contribution >= 0.6 is 0 Å². The summed E-state index contributed by atoms with van der Waals surface area (Å²) in [6.07, 6.45) is 5.19. The quantitative estimate of drug-likeness (QED) is 0.403. The molecule has 0 aromatic carbocycles. The molecule has 2 bridgehead atoms. The number of fused-ring (bicyclic) bond motifs is 5. The largest absolute Gasteiger partial charge is 0.465 e. The normalized spacial score (nSPS) is 45.3. The fraction of sp³-hybridized carbons (Fsp3) is 0.917. The molecule has 3 rings (SSSR count).